The molecule has 0 unspecified atom stereocenters. The predicted octanol–water partition coefficient (Wildman–Crippen LogP) is 4.31. The highest BCUT2D eigenvalue weighted by molar-refractivity contribution is 5.32. The molecule has 0 N–H and O–H groups in total. The quantitative estimate of drug-likeness (QED) is 0.702. The highest BCUT2D eigenvalue weighted by atomic mass is 14.2. The first-order chi connectivity index (χ1) is 7.92. The number of benzene rings is 2. The maximum Gasteiger partial charge on any atom is 0.00894 e. The number of hydrogen-bond acceptors (Lipinski definition) is 0. The van der Waals surface area contributed by atoms with Crippen LogP contribution in [0.4, 0.5) is 0 Å². The van der Waals surface area contributed by atoms with E-state index in [4.69, 9.17) is 6.92 Å². The van der Waals surface area contributed by atoms with Gasteiger partial charge < -0.3 is 0 Å². The van der Waals surface area contributed by atoms with Crippen LogP contribution in [-0.4, -0.2) is 0 Å². The Balaban J connectivity index is 2.31. The van der Waals surface area contributed by atoms with Gasteiger partial charge in [-0.2, -0.15) is 0 Å². The molecule has 2 aromatic rings. The fraction of sp³-hybridized carbons (Fsp3) is 0.188. The van der Waals surface area contributed by atoms with Gasteiger partial charge in [0, 0.05) is 5.92 Å². The van der Waals surface area contributed by atoms with Crippen molar-refractivity contribution in [2.45, 2.75) is 18.8 Å². The molecule has 0 heterocycles. The SMILES string of the molecule is [CH]CCC(c1ccccc1)c1ccccc1. The summed E-state index contributed by atoms with van der Waals surface area (Å²) in [6.07, 6.45) is 1.71. The van der Waals surface area contributed by atoms with Crippen LogP contribution in [0, 0.1) is 6.92 Å². The maximum absolute atomic E-state index is 5.70. The van der Waals surface area contributed by atoms with Gasteiger partial charge in [0.1, 0.15) is 0 Å². The van der Waals surface area contributed by atoms with Crippen molar-refractivity contribution in [2.24, 2.45) is 0 Å². The van der Waals surface area contributed by atoms with E-state index in [0.29, 0.717) is 12.3 Å². The van der Waals surface area contributed by atoms with Crippen LogP contribution in [-0.2, 0) is 0 Å². The number of rotatable bonds is 4. The Morgan fingerprint density at radius 3 is 1.56 bits per heavy atom. The summed E-state index contributed by atoms with van der Waals surface area (Å²) in [6.45, 7) is 5.70. The first kappa shape index (κ1) is 10.9. The van der Waals surface area contributed by atoms with E-state index in [1.165, 1.54) is 11.1 Å². The van der Waals surface area contributed by atoms with Crippen molar-refractivity contribution >= 4 is 0 Å². The Bertz CT molecular complexity index is 363. The summed E-state index contributed by atoms with van der Waals surface area (Å²) in [4.78, 5) is 0. The third-order valence-electron chi connectivity index (χ3n) is 2.86. The van der Waals surface area contributed by atoms with Gasteiger partial charge in [-0.15, -0.1) is 0 Å². The van der Waals surface area contributed by atoms with E-state index in [1.54, 1.807) is 0 Å². The van der Waals surface area contributed by atoms with Gasteiger partial charge >= 0.3 is 0 Å². The van der Waals surface area contributed by atoms with Crippen LogP contribution in [0.5, 0.6) is 0 Å². The Labute approximate surface area is 97.9 Å². The summed E-state index contributed by atoms with van der Waals surface area (Å²) in [7, 11) is 0. The summed E-state index contributed by atoms with van der Waals surface area (Å²) < 4.78 is 0. The average molecular weight is 208 g/mol. The minimum Gasteiger partial charge on any atom is -0.0622 e. The molecule has 0 nitrogen and oxygen atoms in total. The zero-order valence-corrected chi connectivity index (χ0v) is 9.34. The van der Waals surface area contributed by atoms with Gasteiger partial charge in [0.15, 0.2) is 0 Å². The highest BCUT2D eigenvalue weighted by Crippen LogP contribution is 2.28. The summed E-state index contributed by atoms with van der Waals surface area (Å²) in [6, 6.07) is 21.1. The molecular formula is C16H16. The minimum absolute atomic E-state index is 0.424. The van der Waals surface area contributed by atoms with E-state index in [2.05, 4.69) is 48.5 Å². The van der Waals surface area contributed by atoms with Gasteiger partial charge in [-0.25, -0.2) is 0 Å². The van der Waals surface area contributed by atoms with E-state index in [-0.39, 0.29) is 0 Å². The molecular weight excluding hydrogens is 192 g/mol. The van der Waals surface area contributed by atoms with Crippen LogP contribution >= 0.6 is 0 Å². The van der Waals surface area contributed by atoms with E-state index in [1.807, 2.05) is 12.1 Å². The summed E-state index contributed by atoms with van der Waals surface area (Å²) in [5.41, 5.74) is 2.69. The third-order valence-corrected chi connectivity index (χ3v) is 2.86. The molecule has 0 fully saturated rings. The first-order valence-corrected chi connectivity index (χ1v) is 5.72. The lowest BCUT2D eigenvalue weighted by atomic mass is 9.88. The van der Waals surface area contributed by atoms with Crippen molar-refractivity contribution in [3.05, 3.63) is 78.7 Å². The molecule has 0 saturated carbocycles. The molecule has 0 spiro atoms. The normalized spacial score (nSPS) is 10.6. The molecule has 16 heavy (non-hydrogen) atoms. The van der Waals surface area contributed by atoms with Crippen LogP contribution < -0.4 is 0 Å². The summed E-state index contributed by atoms with van der Waals surface area (Å²) in [5, 5.41) is 0. The maximum atomic E-state index is 5.70. The van der Waals surface area contributed by atoms with Crippen LogP contribution in [0.2, 0.25) is 0 Å². The molecule has 2 rings (SSSR count). The molecule has 0 heteroatoms. The molecule has 80 valence electrons. The molecule has 0 saturated heterocycles. The molecule has 0 aliphatic carbocycles. The molecule has 0 aliphatic rings. The van der Waals surface area contributed by atoms with Crippen molar-refractivity contribution in [2.75, 3.05) is 0 Å². The standard InChI is InChI=1S/C16H16/c1-2-9-16(14-10-5-3-6-11-14)15-12-7-4-8-13-15/h1,3-8,10-13,16H,2,9H2. The van der Waals surface area contributed by atoms with Crippen molar-refractivity contribution in [1.82, 2.24) is 0 Å². The second kappa shape index (κ2) is 5.50. The zero-order chi connectivity index (χ0) is 11.2. The molecule has 2 radical (unpaired) electrons. The minimum atomic E-state index is 0.424. The van der Waals surface area contributed by atoms with Gasteiger partial charge in [0.25, 0.3) is 0 Å². The highest BCUT2D eigenvalue weighted by Gasteiger charge is 2.11. The lowest BCUT2D eigenvalue weighted by Gasteiger charge is -2.16. The van der Waals surface area contributed by atoms with Crippen LogP contribution in [0.1, 0.15) is 29.9 Å². The topological polar surface area (TPSA) is 0 Å². The van der Waals surface area contributed by atoms with Gasteiger partial charge in [0.05, 0.1) is 0 Å². The first-order valence-electron chi connectivity index (χ1n) is 5.72. The smallest absolute Gasteiger partial charge is 0.00894 e. The average Bonchev–Trinajstić information content (AvgIpc) is 2.38. The second-order valence-electron chi connectivity index (χ2n) is 3.95. The van der Waals surface area contributed by atoms with Gasteiger partial charge in [-0.1, -0.05) is 60.7 Å². The Hall–Kier alpha value is -1.56. The van der Waals surface area contributed by atoms with Gasteiger partial charge in [-0.05, 0) is 30.9 Å². The van der Waals surface area contributed by atoms with Crippen LogP contribution in [0.15, 0.2) is 60.7 Å². The van der Waals surface area contributed by atoms with E-state index in [9.17, 15) is 0 Å². The Morgan fingerprint density at radius 2 is 1.19 bits per heavy atom. The molecule has 0 aromatic heterocycles. The van der Waals surface area contributed by atoms with E-state index >= 15 is 0 Å². The largest absolute Gasteiger partial charge is 0.0622 e. The fourth-order valence-corrected chi connectivity index (χ4v) is 2.06. The molecule has 0 atom stereocenters. The summed E-state index contributed by atoms with van der Waals surface area (Å²) >= 11 is 0. The van der Waals surface area contributed by atoms with Crippen LogP contribution in [0.3, 0.4) is 0 Å². The molecule has 0 aliphatic heterocycles. The van der Waals surface area contributed by atoms with Crippen molar-refractivity contribution in [1.29, 1.82) is 0 Å². The Kier molecular flexibility index (Phi) is 3.76. The van der Waals surface area contributed by atoms with Crippen molar-refractivity contribution < 1.29 is 0 Å². The summed E-state index contributed by atoms with van der Waals surface area (Å²) in [5.74, 6) is 0.424. The molecule has 0 amide bonds. The Morgan fingerprint density at radius 1 is 0.750 bits per heavy atom. The van der Waals surface area contributed by atoms with Crippen LogP contribution in [0.25, 0.3) is 0 Å². The lowest BCUT2D eigenvalue weighted by molar-refractivity contribution is 0.727. The number of hydrogen-bond donors (Lipinski definition) is 0. The van der Waals surface area contributed by atoms with Gasteiger partial charge in [-0.3, -0.25) is 0 Å². The molecule has 0 bridgehead atoms. The zero-order valence-electron chi connectivity index (χ0n) is 9.34. The fourth-order valence-electron chi connectivity index (χ4n) is 2.06. The monoisotopic (exact) mass is 208 g/mol. The van der Waals surface area contributed by atoms with Crippen molar-refractivity contribution in [3.63, 3.8) is 0 Å². The lowest BCUT2D eigenvalue weighted by Crippen LogP contribution is -2.00. The van der Waals surface area contributed by atoms with E-state index in [0.717, 1.165) is 6.42 Å². The third kappa shape index (κ3) is 2.52. The predicted molar refractivity (Wildman–Crippen MR) is 68.3 cm³/mol. The van der Waals surface area contributed by atoms with Crippen molar-refractivity contribution in [3.8, 4) is 0 Å². The molecule has 2 aromatic carbocycles. The van der Waals surface area contributed by atoms with E-state index < -0.39 is 0 Å². The second-order valence-corrected chi connectivity index (χ2v) is 3.95. The van der Waals surface area contributed by atoms with Gasteiger partial charge in [0.2, 0.25) is 0 Å².